The zero-order valence-corrected chi connectivity index (χ0v) is 12.0. The van der Waals surface area contributed by atoms with Gasteiger partial charge in [0.15, 0.2) is 0 Å². The number of rotatable bonds is 4. The van der Waals surface area contributed by atoms with Crippen molar-refractivity contribution in [2.75, 3.05) is 26.2 Å². The molecule has 0 aromatic rings. The van der Waals surface area contributed by atoms with Crippen molar-refractivity contribution in [3.05, 3.63) is 0 Å². The fourth-order valence-corrected chi connectivity index (χ4v) is 2.96. The molecule has 1 atom stereocenters. The fraction of sp³-hybridized carbons (Fsp3) is 0.929. The van der Waals surface area contributed by atoms with Gasteiger partial charge >= 0.3 is 0 Å². The highest BCUT2D eigenvalue weighted by Gasteiger charge is 2.34. The fourth-order valence-electron chi connectivity index (χ4n) is 2.96. The molecule has 3 fully saturated rings. The van der Waals surface area contributed by atoms with Crippen molar-refractivity contribution < 1.29 is 4.79 Å². The van der Waals surface area contributed by atoms with Crippen LogP contribution in [0.25, 0.3) is 0 Å². The summed E-state index contributed by atoms with van der Waals surface area (Å²) in [5.74, 6) is 0.917. The van der Waals surface area contributed by atoms with E-state index in [1.54, 1.807) is 0 Å². The van der Waals surface area contributed by atoms with Crippen LogP contribution >= 0.6 is 0 Å². The normalized spacial score (nSPS) is 31.4. The average Bonchev–Trinajstić information content (AvgIpc) is 2.28. The second-order valence-electron chi connectivity index (χ2n) is 6.74. The highest BCUT2D eigenvalue weighted by atomic mass is 16.1. The minimum absolute atomic E-state index is 0.0931. The summed E-state index contributed by atoms with van der Waals surface area (Å²) in [5, 5.41) is 6.57. The van der Waals surface area contributed by atoms with Crippen molar-refractivity contribution in [3.8, 4) is 0 Å². The van der Waals surface area contributed by atoms with Gasteiger partial charge in [0.2, 0.25) is 5.91 Å². The van der Waals surface area contributed by atoms with E-state index in [4.69, 9.17) is 0 Å². The Hall–Kier alpha value is -0.610. The zero-order chi connectivity index (χ0) is 13.2. The molecule has 0 aromatic carbocycles. The second kappa shape index (κ2) is 5.57. The number of hydrogen-bond acceptors (Lipinski definition) is 3. The number of nitrogens with one attached hydrogen (secondary N) is 2. The molecule has 0 radical (unpaired) electrons. The predicted octanol–water partition coefficient (Wildman–Crippen LogP) is 0.975. The third-order valence-corrected chi connectivity index (χ3v) is 4.01. The number of hydrogen-bond donors (Lipinski definition) is 2. The molecule has 2 bridgehead atoms. The molecule has 3 heterocycles. The van der Waals surface area contributed by atoms with Gasteiger partial charge < -0.3 is 15.5 Å². The van der Waals surface area contributed by atoms with Crippen molar-refractivity contribution in [2.24, 2.45) is 5.92 Å². The van der Waals surface area contributed by atoms with E-state index in [2.05, 4.69) is 36.3 Å². The lowest BCUT2D eigenvalue weighted by Crippen LogP contribution is -2.57. The largest absolute Gasteiger partial charge is 0.352 e. The standard InChI is InChI=1S/C14H27N3O/c1-14(2,3)15-7-4-13(18)16-12-10-17-8-5-11(12)6-9-17/h11-12,15H,4-10H2,1-3H3,(H,16,18). The van der Waals surface area contributed by atoms with Crippen LogP contribution in [0.15, 0.2) is 0 Å². The van der Waals surface area contributed by atoms with Gasteiger partial charge in [-0.2, -0.15) is 0 Å². The maximum atomic E-state index is 11.9. The van der Waals surface area contributed by atoms with Gasteiger partial charge in [0, 0.05) is 31.1 Å². The molecule has 0 aliphatic carbocycles. The van der Waals surface area contributed by atoms with Crippen molar-refractivity contribution in [3.63, 3.8) is 0 Å². The Balaban J connectivity index is 1.68. The van der Waals surface area contributed by atoms with Crippen LogP contribution in [0, 0.1) is 5.92 Å². The number of fused-ring (bicyclic) bond motifs is 3. The molecule has 1 amide bonds. The summed E-state index contributed by atoms with van der Waals surface area (Å²) in [6.07, 6.45) is 3.09. The lowest BCUT2D eigenvalue weighted by atomic mass is 9.84. The number of amides is 1. The molecule has 4 heteroatoms. The molecular formula is C14H27N3O. The lowest BCUT2D eigenvalue weighted by Gasteiger charge is -2.45. The molecule has 0 spiro atoms. The molecule has 1 unspecified atom stereocenters. The van der Waals surface area contributed by atoms with Gasteiger partial charge in [-0.3, -0.25) is 4.79 Å². The molecule has 4 nitrogen and oxygen atoms in total. The summed E-state index contributed by atoms with van der Waals surface area (Å²) >= 11 is 0. The SMILES string of the molecule is CC(C)(C)NCCC(=O)NC1CN2CCC1CC2. The smallest absolute Gasteiger partial charge is 0.221 e. The van der Waals surface area contributed by atoms with Crippen molar-refractivity contribution in [1.82, 2.24) is 15.5 Å². The van der Waals surface area contributed by atoms with Crippen LogP contribution in [-0.4, -0.2) is 48.6 Å². The van der Waals surface area contributed by atoms with Gasteiger partial charge in [0.1, 0.15) is 0 Å². The molecule has 18 heavy (non-hydrogen) atoms. The number of piperidine rings is 3. The third-order valence-electron chi connectivity index (χ3n) is 4.01. The quantitative estimate of drug-likeness (QED) is 0.785. The van der Waals surface area contributed by atoms with Crippen LogP contribution in [0.1, 0.15) is 40.0 Å². The molecular weight excluding hydrogens is 226 g/mol. The van der Waals surface area contributed by atoms with E-state index in [-0.39, 0.29) is 11.4 Å². The van der Waals surface area contributed by atoms with Crippen molar-refractivity contribution >= 4 is 5.91 Å². The molecule has 0 saturated carbocycles. The average molecular weight is 253 g/mol. The Morgan fingerprint density at radius 1 is 1.28 bits per heavy atom. The monoisotopic (exact) mass is 253 g/mol. The van der Waals surface area contributed by atoms with E-state index in [1.165, 1.54) is 25.9 Å². The third kappa shape index (κ3) is 3.95. The van der Waals surface area contributed by atoms with Crippen LogP contribution in [0.5, 0.6) is 0 Å². The van der Waals surface area contributed by atoms with Gasteiger partial charge in [-0.15, -0.1) is 0 Å². The molecule has 2 N–H and O–H groups in total. The molecule has 3 saturated heterocycles. The van der Waals surface area contributed by atoms with Crippen molar-refractivity contribution in [2.45, 2.75) is 51.6 Å². The second-order valence-corrected chi connectivity index (χ2v) is 6.74. The van der Waals surface area contributed by atoms with Crippen LogP contribution < -0.4 is 10.6 Å². The molecule has 104 valence electrons. The Morgan fingerprint density at radius 2 is 1.94 bits per heavy atom. The minimum atomic E-state index is 0.0931. The predicted molar refractivity (Wildman–Crippen MR) is 73.5 cm³/mol. The maximum absolute atomic E-state index is 11.9. The van der Waals surface area contributed by atoms with E-state index in [1.807, 2.05) is 0 Å². The van der Waals surface area contributed by atoms with Gasteiger partial charge in [-0.05, 0) is 52.6 Å². The number of carbonyl (C=O) groups is 1. The van der Waals surface area contributed by atoms with E-state index >= 15 is 0 Å². The highest BCUT2D eigenvalue weighted by molar-refractivity contribution is 5.76. The summed E-state index contributed by atoms with van der Waals surface area (Å²) in [6, 6.07) is 0.398. The van der Waals surface area contributed by atoms with Gasteiger partial charge in [-0.1, -0.05) is 0 Å². The van der Waals surface area contributed by atoms with E-state index in [9.17, 15) is 4.79 Å². The first-order valence-electron chi connectivity index (χ1n) is 7.21. The van der Waals surface area contributed by atoms with Crippen LogP contribution in [-0.2, 0) is 4.79 Å². The molecule has 0 aromatic heterocycles. The van der Waals surface area contributed by atoms with Gasteiger partial charge in [-0.25, -0.2) is 0 Å². The zero-order valence-electron chi connectivity index (χ0n) is 12.0. The summed E-state index contributed by atoms with van der Waals surface area (Å²) in [7, 11) is 0. The van der Waals surface area contributed by atoms with Crippen LogP contribution in [0.3, 0.4) is 0 Å². The summed E-state index contributed by atoms with van der Waals surface area (Å²) in [6.45, 7) is 10.6. The Bertz CT molecular complexity index is 290. The van der Waals surface area contributed by atoms with Crippen molar-refractivity contribution in [1.29, 1.82) is 0 Å². The van der Waals surface area contributed by atoms with Gasteiger partial charge in [0.25, 0.3) is 0 Å². The first kappa shape index (κ1) is 13.8. The van der Waals surface area contributed by atoms with E-state index in [0.717, 1.165) is 19.0 Å². The van der Waals surface area contributed by atoms with Gasteiger partial charge in [0.05, 0.1) is 0 Å². The van der Waals surface area contributed by atoms with E-state index in [0.29, 0.717) is 12.5 Å². The summed E-state index contributed by atoms with van der Waals surface area (Å²) in [4.78, 5) is 14.4. The minimum Gasteiger partial charge on any atom is -0.352 e. The number of carbonyl (C=O) groups excluding carboxylic acids is 1. The first-order valence-corrected chi connectivity index (χ1v) is 7.21. The van der Waals surface area contributed by atoms with Crippen LogP contribution in [0.2, 0.25) is 0 Å². The lowest BCUT2D eigenvalue weighted by molar-refractivity contribution is -0.123. The Kier molecular flexibility index (Phi) is 4.28. The summed E-state index contributed by atoms with van der Waals surface area (Å²) in [5.41, 5.74) is 0.0931. The highest BCUT2D eigenvalue weighted by Crippen LogP contribution is 2.27. The van der Waals surface area contributed by atoms with Crippen LogP contribution in [0.4, 0.5) is 0 Å². The number of nitrogens with zero attached hydrogens (tertiary/aromatic N) is 1. The Labute approximate surface area is 110 Å². The summed E-state index contributed by atoms with van der Waals surface area (Å²) < 4.78 is 0. The molecule has 3 rings (SSSR count). The Morgan fingerprint density at radius 3 is 2.44 bits per heavy atom. The molecule has 3 aliphatic heterocycles. The topological polar surface area (TPSA) is 44.4 Å². The van der Waals surface area contributed by atoms with E-state index < -0.39 is 0 Å². The maximum Gasteiger partial charge on any atom is 0.221 e. The first-order chi connectivity index (χ1) is 8.44. The molecule has 3 aliphatic rings.